The molecule has 7 heteroatoms. The Morgan fingerprint density at radius 2 is 2.19 bits per heavy atom. The normalized spacial score (nSPS) is 13.5. The second-order valence-electron chi connectivity index (χ2n) is 4.77. The molecule has 0 radical (unpaired) electrons. The van der Waals surface area contributed by atoms with Gasteiger partial charge < -0.3 is 9.73 Å². The number of nitrogens with one attached hydrogen (secondary N) is 2. The van der Waals surface area contributed by atoms with E-state index in [4.69, 9.17) is 4.42 Å². The predicted octanol–water partition coefficient (Wildman–Crippen LogP) is 2.80. The smallest absolute Gasteiger partial charge is 0.242 e. The topological polar surface area (TPSA) is 71.3 Å². The summed E-state index contributed by atoms with van der Waals surface area (Å²) in [6, 6.07) is 4.83. The van der Waals surface area contributed by atoms with Crippen LogP contribution in [0.25, 0.3) is 0 Å². The zero-order valence-electron chi connectivity index (χ0n) is 12.3. The monoisotopic (exact) mass is 328 g/mol. The molecular formula is C14H20N2O3S2. The molecule has 0 fully saturated rings. The van der Waals surface area contributed by atoms with Crippen molar-refractivity contribution in [2.45, 2.75) is 38.3 Å². The van der Waals surface area contributed by atoms with Crippen molar-refractivity contribution in [1.29, 1.82) is 0 Å². The van der Waals surface area contributed by atoms with E-state index in [0.717, 1.165) is 16.3 Å². The fourth-order valence-corrected chi connectivity index (χ4v) is 4.84. The first kappa shape index (κ1) is 16.2. The third-order valence-corrected chi connectivity index (χ3v) is 5.91. The standard InChI is InChI=1S/C14H20N2O3S2/c1-4-15-9-12-8-14(11(3)20-12)21(17,18)16-10(2)13-6-5-7-19-13/h5-8,10,15-16H,4,9H2,1-3H3. The summed E-state index contributed by atoms with van der Waals surface area (Å²) in [5.41, 5.74) is 0. The van der Waals surface area contributed by atoms with Crippen molar-refractivity contribution >= 4 is 21.4 Å². The van der Waals surface area contributed by atoms with Crippen molar-refractivity contribution in [2.75, 3.05) is 6.54 Å². The Balaban J connectivity index is 2.17. The number of sulfonamides is 1. The third-order valence-electron chi connectivity index (χ3n) is 3.06. The van der Waals surface area contributed by atoms with E-state index >= 15 is 0 Å². The van der Waals surface area contributed by atoms with Gasteiger partial charge in [0.25, 0.3) is 0 Å². The lowest BCUT2D eigenvalue weighted by molar-refractivity contribution is 0.459. The summed E-state index contributed by atoms with van der Waals surface area (Å²) in [4.78, 5) is 2.15. The second kappa shape index (κ2) is 6.74. The molecule has 2 rings (SSSR count). The largest absolute Gasteiger partial charge is 0.468 e. The van der Waals surface area contributed by atoms with E-state index in [1.54, 1.807) is 25.1 Å². The second-order valence-corrected chi connectivity index (χ2v) is 7.80. The summed E-state index contributed by atoms with van der Waals surface area (Å²) in [5, 5.41) is 3.20. The van der Waals surface area contributed by atoms with Crippen LogP contribution in [0.4, 0.5) is 0 Å². The first-order chi connectivity index (χ1) is 9.94. The van der Waals surface area contributed by atoms with E-state index < -0.39 is 16.1 Å². The molecule has 0 aliphatic rings. The number of thiophene rings is 1. The molecule has 21 heavy (non-hydrogen) atoms. The minimum absolute atomic E-state index is 0.346. The molecule has 1 atom stereocenters. The molecular weight excluding hydrogens is 308 g/mol. The molecule has 1 unspecified atom stereocenters. The zero-order valence-corrected chi connectivity index (χ0v) is 14.0. The highest BCUT2D eigenvalue weighted by atomic mass is 32.2. The molecule has 0 amide bonds. The lowest BCUT2D eigenvalue weighted by atomic mass is 10.3. The van der Waals surface area contributed by atoms with Gasteiger partial charge in [-0.1, -0.05) is 6.92 Å². The van der Waals surface area contributed by atoms with Crippen molar-refractivity contribution in [2.24, 2.45) is 0 Å². The van der Waals surface area contributed by atoms with Crippen molar-refractivity contribution in [1.82, 2.24) is 10.0 Å². The van der Waals surface area contributed by atoms with Crippen molar-refractivity contribution in [3.63, 3.8) is 0 Å². The summed E-state index contributed by atoms with van der Waals surface area (Å²) in [7, 11) is -3.55. The lowest BCUT2D eigenvalue weighted by Gasteiger charge is -2.11. The molecule has 0 spiro atoms. The SMILES string of the molecule is CCNCc1cc(S(=O)(=O)NC(C)c2ccco2)c(C)s1. The van der Waals surface area contributed by atoms with Crippen LogP contribution in [-0.4, -0.2) is 15.0 Å². The molecule has 0 bridgehead atoms. The van der Waals surface area contributed by atoms with Gasteiger partial charge in [-0.2, -0.15) is 0 Å². The van der Waals surface area contributed by atoms with Gasteiger partial charge in [-0.3, -0.25) is 0 Å². The molecule has 116 valence electrons. The average Bonchev–Trinajstić information content (AvgIpc) is 3.05. The molecule has 0 aromatic carbocycles. The van der Waals surface area contributed by atoms with Gasteiger partial charge in [0, 0.05) is 16.3 Å². The quantitative estimate of drug-likeness (QED) is 0.820. The average molecular weight is 328 g/mol. The molecule has 2 heterocycles. The highest BCUT2D eigenvalue weighted by molar-refractivity contribution is 7.89. The van der Waals surface area contributed by atoms with E-state index in [1.165, 1.54) is 17.6 Å². The summed E-state index contributed by atoms with van der Waals surface area (Å²) in [6.45, 7) is 7.15. The molecule has 2 aromatic heterocycles. The van der Waals surface area contributed by atoms with Crippen molar-refractivity contribution < 1.29 is 12.8 Å². The van der Waals surface area contributed by atoms with Crippen LogP contribution in [0, 0.1) is 6.92 Å². The molecule has 2 aromatic rings. The zero-order chi connectivity index (χ0) is 15.5. The maximum absolute atomic E-state index is 12.5. The molecule has 2 N–H and O–H groups in total. The number of furan rings is 1. The Morgan fingerprint density at radius 1 is 1.43 bits per heavy atom. The van der Waals surface area contributed by atoms with E-state index in [-0.39, 0.29) is 0 Å². The van der Waals surface area contributed by atoms with Gasteiger partial charge in [-0.05, 0) is 38.6 Å². The summed E-state index contributed by atoms with van der Waals surface area (Å²) in [5.74, 6) is 0.597. The van der Waals surface area contributed by atoms with Crippen LogP contribution in [0.1, 0.15) is 35.4 Å². The Bertz CT molecular complexity index is 675. The first-order valence-corrected chi connectivity index (χ1v) is 9.09. The van der Waals surface area contributed by atoms with E-state index in [2.05, 4.69) is 10.0 Å². The van der Waals surface area contributed by atoms with Crippen molar-refractivity contribution in [3.05, 3.63) is 40.0 Å². The summed E-state index contributed by atoms with van der Waals surface area (Å²) < 4.78 is 32.8. The Labute approximate surface area is 129 Å². The molecule has 0 aliphatic carbocycles. The Hall–Kier alpha value is -1.15. The molecule has 0 saturated carbocycles. The highest BCUT2D eigenvalue weighted by Gasteiger charge is 2.23. The van der Waals surface area contributed by atoms with Crippen LogP contribution in [0.15, 0.2) is 33.8 Å². The van der Waals surface area contributed by atoms with Crippen LogP contribution in [0.5, 0.6) is 0 Å². The number of rotatable bonds is 7. The van der Waals surface area contributed by atoms with Crippen molar-refractivity contribution in [3.8, 4) is 0 Å². The number of hydrogen-bond donors (Lipinski definition) is 2. The minimum Gasteiger partial charge on any atom is -0.468 e. The highest BCUT2D eigenvalue weighted by Crippen LogP contribution is 2.27. The van der Waals surface area contributed by atoms with Gasteiger partial charge in [-0.25, -0.2) is 13.1 Å². The lowest BCUT2D eigenvalue weighted by Crippen LogP contribution is -2.26. The molecule has 5 nitrogen and oxygen atoms in total. The van der Waals surface area contributed by atoms with Crippen LogP contribution >= 0.6 is 11.3 Å². The fourth-order valence-electron chi connectivity index (χ4n) is 2.02. The molecule has 0 aliphatic heterocycles. The Kier molecular flexibility index (Phi) is 5.21. The van der Waals surface area contributed by atoms with Crippen LogP contribution in [0.3, 0.4) is 0 Å². The van der Waals surface area contributed by atoms with Gasteiger partial charge in [0.15, 0.2) is 0 Å². The minimum atomic E-state index is -3.55. The Morgan fingerprint density at radius 3 is 2.81 bits per heavy atom. The van der Waals surface area contributed by atoms with E-state index in [9.17, 15) is 8.42 Å². The van der Waals surface area contributed by atoms with Gasteiger partial charge in [0.2, 0.25) is 10.0 Å². The fraction of sp³-hybridized carbons (Fsp3) is 0.429. The summed E-state index contributed by atoms with van der Waals surface area (Å²) >= 11 is 1.50. The maximum Gasteiger partial charge on any atom is 0.242 e. The number of aryl methyl sites for hydroxylation is 1. The van der Waals surface area contributed by atoms with Crippen LogP contribution in [-0.2, 0) is 16.6 Å². The predicted molar refractivity (Wildman–Crippen MR) is 83.9 cm³/mol. The van der Waals surface area contributed by atoms with Gasteiger partial charge >= 0.3 is 0 Å². The van der Waals surface area contributed by atoms with Crippen LogP contribution < -0.4 is 10.0 Å². The van der Waals surface area contributed by atoms with Gasteiger partial charge in [0.1, 0.15) is 5.76 Å². The van der Waals surface area contributed by atoms with Gasteiger partial charge in [0.05, 0.1) is 17.2 Å². The first-order valence-electron chi connectivity index (χ1n) is 6.79. The van der Waals surface area contributed by atoms with Crippen LogP contribution in [0.2, 0.25) is 0 Å². The maximum atomic E-state index is 12.5. The van der Waals surface area contributed by atoms with E-state index in [1.807, 2.05) is 13.8 Å². The number of hydrogen-bond acceptors (Lipinski definition) is 5. The van der Waals surface area contributed by atoms with E-state index in [0.29, 0.717) is 17.2 Å². The molecule has 0 saturated heterocycles. The van der Waals surface area contributed by atoms with Gasteiger partial charge in [-0.15, -0.1) is 11.3 Å². The summed E-state index contributed by atoms with van der Waals surface area (Å²) in [6.07, 6.45) is 1.53. The third kappa shape index (κ3) is 3.94.